The zero-order valence-corrected chi connectivity index (χ0v) is 12.8. The first-order valence-corrected chi connectivity index (χ1v) is 6.91. The van der Waals surface area contributed by atoms with E-state index in [1.807, 2.05) is 6.07 Å². The van der Waals surface area contributed by atoms with Crippen LogP contribution in [-0.4, -0.2) is 9.67 Å². The Labute approximate surface area is 131 Å². The van der Waals surface area contributed by atoms with Crippen molar-refractivity contribution in [3.63, 3.8) is 0 Å². The second-order valence-corrected chi connectivity index (χ2v) is 4.95. The molecule has 0 amide bonds. The predicted octanol–water partition coefficient (Wildman–Crippen LogP) is 3.82. The molecule has 1 aromatic carbocycles. The van der Waals surface area contributed by atoms with E-state index in [0.29, 0.717) is 16.3 Å². The Morgan fingerprint density at radius 1 is 1.41 bits per heavy atom. The minimum atomic E-state index is -0.498. The maximum absolute atomic E-state index is 12.3. The summed E-state index contributed by atoms with van der Waals surface area (Å²) in [5.41, 5.74) is 0.321. The number of benzene rings is 1. The van der Waals surface area contributed by atoms with Crippen molar-refractivity contribution in [1.82, 2.24) is 4.57 Å². The van der Waals surface area contributed by atoms with Gasteiger partial charge in [-0.3, -0.25) is 9.36 Å². The standard InChI is InChI=1S/C15H13ClN4O2/c1-3-20-14(21)12(8-17)9(2)13(15(20)22)19-18-11-6-4-5-10(16)7-11/h4-7,21H,3H2,1-2H3. The maximum atomic E-state index is 12.3. The van der Waals surface area contributed by atoms with Gasteiger partial charge >= 0.3 is 0 Å². The Morgan fingerprint density at radius 3 is 2.73 bits per heavy atom. The van der Waals surface area contributed by atoms with E-state index < -0.39 is 5.56 Å². The second kappa shape index (κ2) is 6.41. The fourth-order valence-corrected chi connectivity index (χ4v) is 2.18. The second-order valence-electron chi connectivity index (χ2n) is 4.51. The van der Waals surface area contributed by atoms with E-state index in [4.69, 9.17) is 16.9 Å². The fraction of sp³-hybridized carbons (Fsp3) is 0.200. The van der Waals surface area contributed by atoms with Crippen molar-refractivity contribution in [2.45, 2.75) is 20.4 Å². The molecule has 2 rings (SSSR count). The Kier molecular flexibility index (Phi) is 4.59. The van der Waals surface area contributed by atoms with Gasteiger partial charge in [-0.2, -0.15) is 10.4 Å². The number of halogens is 1. The van der Waals surface area contributed by atoms with Crippen molar-refractivity contribution < 1.29 is 5.11 Å². The van der Waals surface area contributed by atoms with Gasteiger partial charge in [-0.15, -0.1) is 5.11 Å². The van der Waals surface area contributed by atoms with Crippen LogP contribution in [0.3, 0.4) is 0 Å². The van der Waals surface area contributed by atoms with E-state index in [1.54, 1.807) is 38.1 Å². The number of rotatable bonds is 3. The van der Waals surface area contributed by atoms with Gasteiger partial charge in [0, 0.05) is 17.1 Å². The van der Waals surface area contributed by atoms with Crippen molar-refractivity contribution in [2.75, 3.05) is 0 Å². The van der Waals surface area contributed by atoms with Gasteiger partial charge in [-0.1, -0.05) is 17.7 Å². The molecule has 0 saturated carbocycles. The Balaban J connectivity index is 2.61. The quantitative estimate of drug-likeness (QED) is 0.872. The molecular weight excluding hydrogens is 304 g/mol. The monoisotopic (exact) mass is 316 g/mol. The molecule has 1 N–H and O–H groups in total. The van der Waals surface area contributed by atoms with Crippen LogP contribution in [-0.2, 0) is 6.54 Å². The van der Waals surface area contributed by atoms with Crippen LogP contribution in [0.25, 0.3) is 0 Å². The van der Waals surface area contributed by atoms with Crippen LogP contribution in [0.4, 0.5) is 11.4 Å². The van der Waals surface area contributed by atoms with E-state index in [-0.39, 0.29) is 23.7 Å². The summed E-state index contributed by atoms with van der Waals surface area (Å²) in [6.07, 6.45) is 0. The lowest BCUT2D eigenvalue weighted by atomic mass is 10.1. The lowest BCUT2D eigenvalue weighted by Gasteiger charge is -2.10. The molecule has 0 aliphatic carbocycles. The summed E-state index contributed by atoms with van der Waals surface area (Å²) in [7, 11) is 0. The van der Waals surface area contributed by atoms with Crippen LogP contribution in [0.5, 0.6) is 5.88 Å². The molecule has 22 heavy (non-hydrogen) atoms. The van der Waals surface area contributed by atoms with Gasteiger partial charge in [0.1, 0.15) is 11.6 Å². The summed E-state index contributed by atoms with van der Waals surface area (Å²) in [5, 5.41) is 27.5. The molecule has 112 valence electrons. The number of pyridine rings is 1. The van der Waals surface area contributed by atoms with E-state index >= 15 is 0 Å². The Bertz CT molecular complexity index is 850. The molecule has 0 aliphatic rings. The SMILES string of the molecule is CCn1c(O)c(C#N)c(C)c(N=Nc2cccc(Cl)c2)c1=O. The van der Waals surface area contributed by atoms with Crippen LogP contribution < -0.4 is 5.56 Å². The number of hydrogen-bond acceptors (Lipinski definition) is 5. The van der Waals surface area contributed by atoms with Crippen LogP contribution >= 0.6 is 11.6 Å². The molecule has 0 bridgehead atoms. The number of hydrogen-bond donors (Lipinski definition) is 1. The molecule has 0 aliphatic heterocycles. The van der Waals surface area contributed by atoms with Crippen molar-refractivity contribution in [3.8, 4) is 11.9 Å². The number of nitriles is 1. The van der Waals surface area contributed by atoms with E-state index in [0.717, 1.165) is 4.57 Å². The molecule has 0 saturated heterocycles. The molecule has 1 heterocycles. The molecule has 0 atom stereocenters. The smallest absolute Gasteiger partial charge is 0.281 e. The minimum Gasteiger partial charge on any atom is -0.493 e. The van der Waals surface area contributed by atoms with E-state index in [1.165, 1.54) is 0 Å². The number of nitrogens with zero attached hydrogens (tertiary/aromatic N) is 4. The van der Waals surface area contributed by atoms with Crippen LogP contribution in [0.2, 0.25) is 5.02 Å². The molecule has 6 nitrogen and oxygen atoms in total. The summed E-state index contributed by atoms with van der Waals surface area (Å²) < 4.78 is 1.08. The lowest BCUT2D eigenvalue weighted by Crippen LogP contribution is -2.20. The van der Waals surface area contributed by atoms with Gasteiger partial charge in [0.25, 0.3) is 5.56 Å². The molecule has 7 heteroatoms. The van der Waals surface area contributed by atoms with E-state index in [2.05, 4.69) is 10.2 Å². The zero-order valence-electron chi connectivity index (χ0n) is 12.0. The summed E-state index contributed by atoms with van der Waals surface area (Å²) in [4.78, 5) is 12.3. The normalized spacial score (nSPS) is 10.8. The maximum Gasteiger partial charge on any atom is 0.281 e. The highest BCUT2D eigenvalue weighted by Gasteiger charge is 2.18. The van der Waals surface area contributed by atoms with Gasteiger partial charge < -0.3 is 5.11 Å². The third-order valence-electron chi connectivity index (χ3n) is 3.16. The predicted molar refractivity (Wildman–Crippen MR) is 83.1 cm³/mol. The average Bonchev–Trinajstić information content (AvgIpc) is 2.48. The van der Waals surface area contributed by atoms with Gasteiger partial charge in [-0.25, -0.2) is 0 Å². The highest BCUT2D eigenvalue weighted by Crippen LogP contribution is 2.27. The molecule has 2 aromatic rings. The van der Waals surface area contributed by atoms with Crippen molar-refractivity contribution in [1.29, 1.82) is 5.26 Å². The van der Waals surface area contributed by atoms with Crippen molar-refractivity contribution >= 4 is 23.0 Å². The lowest BCUT2D eigenvalue weighted by molar-refractivity contribution is 0.409. The summed E-state index contributed by atoms with van der Waals surface area (Å²) in [6.45, 7) is 3.46. The molecule has 0 unspecified atom stereocenters. The van der Waals surface area contributed by atoms with Crippen molar-refractivity contribution in [3.05, 3.63) is 50.8 Å². The van der Waals surface area contributed by atoms with E-state index in [9.17, 15) is 9.90 Å². The molecular formula is C15H13ClN4O2. The van der Waals surface area contributed by atoms with Gasteiger partial charge in [0.15, 0.2) is 5.69 Å². The fourth-order valence-electron chi connectivity index (χ4n) is 2.00. The molecule has 0 radical (unpaired) electrons. The Morgan fingerprint density at radius 2 is 2.14 bits per heavy atom. The van der Waals surface area contributed by atoms with Gasteiger partial charge in [0.2, 0.25) is 5.88 Å². The van der Waals surface area contributed by atoms with Gasteiger partial charge in [-0.05, 0) is 32.0 Å². The Hall–Kier alpha value is -2.65. The highest BCUT2D eigenvalue weighted by molar-refractivity contribution is 6.30. The average molecular weight is 317 g/mol. The summed E-state index contributed by atoms with van der Waals surface area (Å²) in [5.74, 6) is -0.353. The largest absolute Gasteiger partial charge is 0.493 e. The number of aromatic nitrogens is 1. The first-order valence-electron chi connectivity index (χ1n) is 6.53. The summed E-state index contributed by atoms with van der Waals surface area (Å²) >= 11 is 5.86. The molecule has 0 spiro atoms. The minimum absolute atomic E-state index is 0.0153. The first kappa shape index (κ1) is 15.7. The number of azo groups is 1. The van der Waals surface area contributed by atoms with Crippen LogP contribution in [0, 0.1) is 18.3 Å². The summed E-state index contributed by atoms with van der Waals surface area (Å²) in [6, 6.07) is 8.58. The van der Waals surface area contributed by atoms with Crippen LogP contribution in [0.1, 0.15) is 18.1 Å². The molecule has 1 aromatic heterocycles. The molecule has 0 fully saturated rings. The van der Waals surface area contributed by atoms with Crippen molar-refractivity contribution in [2.24, 2.45) is 10.2 Å². The third-order valence-corrected chi connectivity index (χ3v) is 3.39. The third kappa shape index (κ3) is 2.85. The zero-order chi connectivity index (χ0) is 16.3. The topological polar surface area (TPSA) is 90.7 Å². The number of aromatic hydroxyl groups is 1. The van der Waals surface area contributed by atoms with Gasteiger partial charge in [0.05, 0.1) is 5.69 Å². The highest BCUT2D eigenvalue weighted by atomic mass is 35.5. The first-order chi connectivity index (χ1) is 10.5. The van der Waals surface area contributed by atoms with Crippen LogP contribution in [0.15, 0.2) is 39.3 Å².